The molecule has 1 N–H and O–H groups in total. The van der Waals surface area contributed by atoms with Crippen LogP contribution < -0.4 is 4.54 Å². The number of carboxylic acid groups (broad SMARTS) is 1. The monoisotopic (exact) mass is 371 g/mol. The van der Waals surface area contributed by atoms with Gasteiger partial charge in [-0.15, -0.1) is 0 Å². The molecule has 0 amide bonds. The second-order valence-electron chi connectivity index (χ2n) is 9.32. The zero-order valence-corrected chi connectivity index (χ0v) is 16.4. The highest BCUT2D eigenvalue weighted by atomic mass is 16.4. The van der Waals surface area contributed by atoms with Gasteiger partial charge in [0.05, 0.1) is 4.91 Å². The molecule has 1 atom stereocenters. The van der Waals surface area contributed by atoms with Crippen LogP contribution in [0.5, 0.6) is 0 Å². The highest BCUT2D eigenvalue weighted by Crippen LogP contribution is 2.69. The van der Waals surface area contributed by atoms with Crippen LogP contribution in [0, 0.1) is 27.6 Å². The summed E-state index contributed by atoms with van der Waals surface area (Å²) in [4.78, 5) is 37.6. The summed E-state index contributed by atoms with van der Waals surface area (Å²) in [5, 5.41) is 9.51. The molecule has 6 heteroatoms. The lowest BCUT2D eigenvalue weighted by atomic mass is 9.78. The zero-order valence-electron chi connectivity index (χ0n) is 16.4. The van der Waals surface area contributed by atoms with Crippen LogP contribution in [0.4, 0.5) is 4.79 Å². The van der Waals surface area contributed by atoms with E-state index in [1.807, 2.05) is 6.08 Å². The number of nitrogens with zero attached hydrogens (tertiary/aromatic N) is 2. The Morgan fingerprint density at radius 3 is 2.41 bits per heavy atom. The van der Waals surface area contributed by atoms with E-state index in [0.717, 1.165) is 22.2 Å². The van der Waals surface area contributed by atoms with Crippen LogP contribution >= 0.6 is 0 Å². The van der Waals surface area contributed by atoms with Crippen LogP contribution in [0.15, 0.2) is 6.08 Å². The summed E-state index contributed by atoms with van der Waals surface area (Å²) in [6.07, 6.45) is 5.51. The minimum Gasteiger partial charge on any atom is -0.461 e. The highest BCUT2D eigenvalue weighted by molar-refractivity contribution is 5.89. The molecule has 4 rings (SSSR count). The van der Waals surface area contributed by atoms with Crippen molar-refractivity contribution in [3.63, 3.8) is 0 Å². The first-order valence-corrected chi connectivity index (χ1v) is 9.75. The van der Waals surface area contributed by atoms with E-state index < -0.39 is 6.09 Å². The third-order valence-electron chi connectivity index (χ3n) is 7.57. The number of fused-ring (bicyclic) bond motifs is 3. The molecule has 1 aromatic heterocycles. The number of aromatic nitrogens is 2. The van der Waals surface area contributed by atoms with Gasteiger partial charge in [-0.25, -0.2) is 4.79 Å². The molecule has 144 valence electrons. The van der Waals surface area contributed by atoms with E-state index in [1.165, 1.54) is 0 Å². The van der Waals surface area contributed by atoms with Crippen LogP contribution in [-0.2, 0) is 24.1 Å². The van der Waals surface area contributed by atoms with Gasteiger partial charge in [-0.2, -0.15) is 0 Å². The zero-order chi connectivity index (χ0) is 19.7. The van der Waals surface area contributed by atoms with Crippen molar-refractivity contribution in [2.75, 3.05) is 0 Å². The van der Waals surface area contributed by atoms with E-state index in [2.05, 4.69) is 27.7 Å². The Balaban J connectivity index is 1.75. The summed E-state index contributed by atoms with van der Waals surface area (Å²) >= 11 is 0. The van der Waals surface area contributed by atoms with Gasteiger partial charge in [-0.3, -0.25) is 4.79 Å². The van der Waals surface area contributed by atoms with Crippen molar-refractivity contribution in [3.05, 3.63) is 33.5 Å². The summed E-state index contributed by atoms with van der Waals surface area (Å²) in [5.74, 6) is 0.279. The van der Waals surface area contributed by atoms with Gasteiger partial charge in [0.25, 0.3) is 5.69 Å². The van der Waals surface area contributed by atoms with Crippen molar-refractivity contribution in [2.45, 2.75) is 59.8 Å². The van der Waals surface area contributed by atoms with E-state index in [1.54, 1.807) is 6.08 Å². The number of Topliss-reactive ketones (excluding diaryl/α,β-unsaturated/α-hetero) is 1. The molecule has 0 aliphatic heterocycles. The minimum absolute atomic E-state index is 0.00792. The summed E-state index contributed by atoms with van der Waals surface area (Å²) in [7, 11) is 0. The molecule has 1 unspecified atom stereocenters. The molecule has 3 aliphatic carbocycles. The van der Waals surface area contributed by atoms with Crippen LogP contribution in [0.25, 0.3) is 6.08 Å². The Morgan fingerprint density at radius 1 is 1.15 bits per heavy atom. The quantitative estimate of drug-likeness (QED) is 0.809. The number of hydrogen-bond donors (Lipinski definition) is 1. The maximum Gasteiger partial charge on any atom is 0.470 e. The van der Waals surface area contributed by atoms with Crippen molar-refractivity contribution in [2.24, 2.45) is 22.7 Å². The highest BCUT2D eigenvalue weighted by Gasteiger charge is 2.68. The molecule has 0 aromatic carbocycles. The van der Waals surface area contributed by atoms with E-state index in [-0.39, 0.29) is 22.7 Å². The maximum atomic E-state index is 13.2. The molecule has 1 fully saturated rings. The second-order valence-corrected chi connectivity index (χ2v) is 9.32. The Hall–Kier alpha value is -2.24. The molecule has 1 aromatic rings. The number of allylic oxidation sites excluding steroid dienone is 1. The van der Waals surface area contributed by atoms with Crippen molar-refractivity contribution in [3.8, 4) is 0 Å². The predicted octanol–water partition coefficient (Wildman–Crippen LogP) is 3.24. The fourth-order valence-electron chi connectivity index (χ4n) is 5.38. The number of carbonyl (C=O) groups is 2. The molecule has 0 radical (unpaired) electrons. The number of rotatable bonds is 2. The minimum atomic E-state index is -1.27. The van der Waals surface area contributed by atoms with Gasteiger partial charge in [-0.05, 0) is 48.2 Å². The van der Waals surface area contributed by atoms with Crippen LogP contribution in [0.3, 0.4) is 0 Å². The number of carbonyl (C=O) groups excluding carboxylic acids is 1. The smallest absolute Gasteiger partial charge is 0.461 e. The second kappa shape index (κ2) is 5.63. The van der Waals surface area contributed by atoms with Gasteiger partial charge in [-0.1, -0.05) is 33.8 Å². The van der Waals surface area contributed by atoms with E-state index >= 15 is 0 Å². The molecular weight excluding hydrogens is 344 g/mol. The fraction of sp³-hybridized carbons (Fsp3) is 0.619. The predicted molar refractivity (Wildman–Crippen MR) is 100 cm³/mol. The normalized spacial score (nSPS) is 24.8. The SMILES string of the molecule is CC1(C)C(C(=O)C2CCc3c(c4c(n(C(=O)O)[n+]3=O)C=CCC4)C2)C1(C)C. The molecule has 0 saturated heterocycles. The lowest BCUT2D eigenvalue weighted by molar-refractivity contribution is -0.595. The van der Waals surface area contributed by atoms with Gasteiger partial charge in [0, 0.05) is 28.5 Å². The van der Waals surface area contributed by atoms with Crippen molar-refractivity contribution in [1.82, 2.24) is 4.68 Å². The van der Waals surface area contributed by atoms with Gasteiger partial charge >= 0.3 is 6.09 Å². The third-order valence-corrected chi connectivity index (χ3v) is 7.57. The lowest BCUT2D eigenvalue weighted by Gasteiger charge is -2.24. The lowest BCUT2D eigenvalue weighted by Crippen LogP contribution is -2.44. The standard InChI is InChI=1S/C21H26N2O4/c1-20(2)18(21(20,3)4)17(24)12-9-10-16-14(11-12)13-7-5-6-8-15(13)22(19(25)26)23(16)27/h6,8,12,18H,5,7,9-11H2,1-4H3/p+1. The molecule has 0 spiro atoms. The Bertz CT molecular complexity index is 938. The molecule has 1 heterocycles. The molecule has 0 bridgehead atoms. The Kier molecular flexibility index (Phi) is 3.78. The molecule has 3 aliphatic rings. The van der Waals surface area contributed by atoms with E-state index in [4.69, 9.17) is 0 Å². The Morgan fingerprint density at radius 2 is 1.81 bits per heavy atom. The average molecular weight is 371 g/mol. The average Bonchev–Trinajstić information content (AvgIpc) is 3.02. The van der Waals surface area contributed by atoms with Gasteiger partial charge in [0.2, 0.25) is 0 Å². The first kappa shape index (κ1) is 18.1. The van der Waals surface area contributed by atoms with Crippen molar-refractivity contribution < 1.29 is 19.2 Å². The summed E-state index contributed by atoms with van der Waals surface area (Å²) in [5.41, 5.74) is 2.81. The summed E-state index contributed by atoms with van der Waals surface area (Å²) < 4.78 is 1.33. The maximum absolute atomic E-state index is 13.2. The first-order chi connectivity index (χ1) is 12.6. The Labute approximate surface area is 158 Å². The van der Waals surface area contributed by atoms with Crippen LogP contribution in [-0.4, -0.2) is 21.7 Å². The van der Waals surface area contributed by atoms with Crippen molar-refractivity contribution in [1.29, 1.82) is 0 Å². The molecular formula is C21H27N2O4+. The third kappa shape index (κ3) is 2.38. The molecule has 6 nitrogen and oxygen atoms in total. The topological polar surface area (TPSA) is 82.3 Å². The number of ketones is 1. The van der Waals surface area contributed by atoms with Gasteiger partial charge in [0.1, 0.15) is 11.5 Å². The van der Waals surface area contributed by atoms with Crippen LogP contribution in [0.2, 0.25) is 0 Å². The summed E-state index contributed by atoms with van der Waals surface area (Å²) in [6.45, 7) is 8.61. The number of hydrogen-bond acceptors (Lipinski definition) is 3. The molecule has 27 heavy (non-hydrogen) atoms. The van der Waals surface area contributed by atoms with Gasteiger partial charge in [0.15, 0.2) is 4.54 Å². The molecule has 1 saturated carbocycles. The van der Waals surface area contributed by atoms with Gasteiger partial charge < -0.3 is 5.11 Å². The fourth-order valence-corrected chi connectivity index (χ4v) is 5.38. The van der Waals surface area contributed by atoms with Crippen LogP contribution in [0.1, 0.15) is 63.1 Å². The van der Waals surface area contributed by atoms with Crippen molar-refractivity contribution >= 4 is 18.0 Å². The van der Waals surface area contributed by atoms with E-state index in [9.17, 15) is 19.6 Å². The largest absolute Gasteiger partial charge is 0.470 e. The summed E-state index contributed by atoms with van der Waals surface area (Å²) in [6, 6.07) is 0. The first-order valence-electron chi connectivity index (χ1n) is 9.75. The van der Waals surface area contributed by atoms with E-state index in [0.29, 0.717) is 47.4 Å².